The maximum absolute atomic E-state index is 13.4. The highest BCUT2D eigenvalue weighted by molar-refractivity contribution is 5.83. The first-order chi connectivity index (χ1) is 16.2. The van der Waals surface area contributed by atoms with E-state index >= 15 is 0 Å². The lowest BCUT2D eigenvalue weighted by Crippen LogP contribution is -2.52. The summed E-state index contributed by atoms with van der Waals surface area (Å²) in [7, 11) is 1.98. The molecular formula is C30H53N3O2. The molecule has 5 nitrogen and oxygen atoms in total. The molecule has 0 aromatic carbocycles. The summed E-state index contributed by atoms with van der Waals surface area (Å²) in [6.07, 6.45) is 4.38. The van der Waals surface area contributed by atoms with Crippen LogP contribution in [0.1, 0.15) is 87.5 Å². The zero-order valence-corrected chi connectivity index (χ0v) is 24.1. The number of nitrogens with zero attached hydrogens (tertiary/aromatic N) is 2. The van der Waals surface area contributed by atoms with Crippen LogP contribution in [0.2, 0.25) is 0 Å². The largest absolute Gasteiger partial charge is 0.366 e. The van der Waals surface area contributed by atoms with Crippen LogP contribution in [0.4, 0.5) is 0 Å². The fourth-order valence-electron chi connectivity index (χ4n) is 5.03. The van der Waals surface area contributed by atoms with Gasteiger partial charge < -0.3 is 15.1 Å². The van der Waals surface area contributed by atoms with Crippen molar-refractivity contribution >= 4 is 11.8 Å². The first-order valence-electron chi connectivity index (χ1n) is 13.6. The van der Waals surface area contributed by atoms with Crippen LogP contribution in [0.3, 0.4) is 0 Å². The minimum absolute atomic E-state index is 0.0370. The van der Waals surface area contributed by atoms with Gasteiger partial charge in [-0.1, -0.05) is 87.1 Å². The van der Waals surface area contributed by atoms with Crippen LogP contribution in [0.25, 0.3) is 0 Å². The maximum Gasteiger partial charge on any atom is 0.243 e. The summed E-state index contributed by atoms with van der Waals surface area (Å²) in [5.41, 5.74) is 3.03. The Morgan fingerprint density at radius 1 is 1.03 bits per heavy atom. The summed E-state index contributed by atoms with van der Waals surface area (Å²) < 4.78 is 0. The molecule has 1 fully saturated rings. The fraction of sp³-hybridized carbons (Fsp3) is 0.733. The van der Waals surface area contributed by atoms with Crippen LogP contribution >= 0.6 is 0 Å². The van der Waals surface area contributed by atoms with Gasteiger partial charge in [0, 0.05) is 37.3 Å². The van der Waals surface area contributed by atoms with Crippen LogP contribution in [-0.4, -0.2) is 47.3 Å². The van der Waals surface area contributed by atoms with Crippen molar-refractivity contribution in [2.24, 2.45) is 29.6 Å². The maximum atomic E-state index is 13.4. The SMILES string of the molecule is C=C(C(C)C)[C@@H](NC(=O)C(C(C)C)N(C)C(=C)CCCCCN1C(=C)C(C(C)C)CC1=O)C(C)C. The first kappa shape index (κ1) is 31.0. The van der Waals surface area contributed by atoms with Crippen molar-refractivity contribution in [2.75, 3.05) is 13.6 Å². The highest BCUT2D eigenvalue weighted by Gasteiger charge is 2.35. The third-order valence-corrected chi connectivity index (χ3v) is 7.54. The molecule has 1 aliphatic heterocycles. The smallest absolute Gasteiger partial charge is 0.243 e. The summed E-state index contributed by atoms with van der Waals surface area (Å²) in [4.78, 5) is 29.7. The topological polar surface area (TPSA) is 52.7 Å². The van der Waals surface area contributed by atoms with Gasteiger partial charge in [-0.05, 0) is 42.9 Å². The number of unbranched alkanes of at least 4 members (excludes halogenated alkanes) is 2. The molecule has 3 atom stereocenters. The second-order valence-corrected chi connectivity index (χ2v) is 11.7. The van der Waals surface area contributed by atoms with Gasteiger partial charge in [0.1, 0.15) is 6.04 Å². The van der Waals surface area contributed by atoms with Crippen molar-refractivity contribution in [3.05, 3.63) is 36.7 Å². The van der Waals surface area contributed by atoms with Crippen LogP contribution in [0.5, 0.6) is 0 Å². The number of hydrogen-bond acceptors (Lipinski definition) is 3. The molecule has 2 amide bonds. The number of amides is 2. The Kier molecular flexibility index (Phi) is 12.3. The highest BCUT2D eigenvalue weighted by atomic mass is 16.2. The summed E-state index contributed by atoms with van der Waals surface area (Å²) in [6, 6.07) is -0.314. The van der Waals surface area contributed by atoms with E-state index < -0.39 is 0 Å². The quantitative estimate of drug-likeness (QED) is 0.215. The van der Waals surface area contributed by atoms with E-state index in [1.165, 1.54) is 0 Å². The van der Waals surface area contributed by atoms with Crippen molar-refractivity contribution in [3.8, 4) is 0 Å². The van der Waals surface area contributed by atoms with Crippen LogP contribution in [0.15, 0.2) is 36.7 Å². The number of carbonyl (C=O) groups excluding carboxylic acids is 2. The molecule has 0 radical (unpaired) electrons. The highest BCUT2D eigenvalue weighted by Crippen LogP contribution is 2.33. The Morgan fingerprint density at radius 2 is 1.63 bits per heavy atom. The molecule has 1 N–H and O–H groups in total. The monoisotopic (exact) mass is 487 g/mol. The normalized spacial score (nSPS) is 18.1. The zero-order chi connectivity index (χ0) is 27.0. The molecule has 0 aromatic heterocycles. The van der Waals surface area contributed by atoms with Gasteiger partial charge in [0.05, 0.1) is 6.04 Å². The molecule has 0 saturated carbocycles. The molecule has 5 heteroatoms. The molecule has 1 rings (SSSR count). The van der Waals surface area contributed by atoms with Crippen molar-refractivity contribution in [3.63, 3.8) is 0 Å². The summed E-state index contributed by atoms with van der Waals surface area (Å²) in [5.74, 6) is 1.72. The van der Waals surface area contributed by atoms with E-state index in [-0.39, 0.29) is 41.7 Å². The predicted molar refractivity (Wildman–Crippen MR) is 149 cm³/mol. The van der Waals surface area contributed by atoms with E-state index in [0.29, 0.717) is 18.3 Å². The van der Waals surface area contributed by atoms with Gasteiger partial charge >= 0.3 is 0 Å². The van der Waals surface area contributed by atoms with Crippen LogP contribution < -0.4 is 5.32 Å². The zero-order valence-electron chi connectivity index (χ0n) is 24.1. The molecule has 1 heterocycles. The lowest BCUT2D eigenvalue weighted by Gasteiger charge is -2.36. The second kappa shape index (κ2) is 13.9. The van der Waals surface area contributed by atoms with Gasteiger partial charge in [-0.2, -0.15) is 0 Å². The number of likely N-dealkylation sites (N-methyl/N-ethyl adjacent to an activating group) is 1. The summed E-state index contributed by atoms with van der Waals surface area (Å²) in [6.45, 7) is 30.4. The molecule has 1 aliphatic rings. The van der Waals surface area contributed by atoms with Gasteiger partial charge in [0.2, 0.25) is 11.8 Å². The van der Waals surface area contributed by atoms with E-state index in [1.54, 1.807) is 0 Å². The lowest BCUT2D eigenvalue weighted by molar-refractivity contribution is -0.128. The van der Waals surface area contributed by atoms with Gasteiger partial charge in [0.15, 0.2) is 0 Å². The van der Waals surface area contributed by atoms with Crippen LogP contribution in [-0.2, 0) is 9.59 Å². The minimum Gasteiger partial charge on any atom is -0.366 e. The number of likely N-dealkylation sites (tertiary alicyclic amines) is 1. The minimum atomic E-state index is -0.276. The number of allylic oxidation sites excluding steroid dienone is 2. The molecule has 0 bridgehead atoms. The molecule has 200 valence electrons. The van der Waals surface area contributed by atoms with Crippen LogP contribution in [0, 0.1) is 29.6 Å². The number of nitrogens with one attached hydrogen (secondary N) is 1. The number of rotatable bonds is 15. The first-order valence-corrected chi connectivity index (χ1v) is 13.6. The molecule has 0 aliphatic carbocycles. The van der Waals surface area contributed by atoms with Crippen molar-refractivity contribution in [1.82, 2.24) is 15.1 Å². The predicted octanol–water partition coefficient (Wildman–Crippen LogP) is 6.39. The Bertz CT molecular complexity index is 766. The third-order valence-electron chi connectivity index (χ3n) is 7.54. The number of hydrogen-bond donors (Lipinski definition) is 1. The molecule has 35 heavy (non-hydrogen) atoms. The molecular weight excluding hydrogens is 434 g/mol. The standard InChI is InChI=1S/C30H53N3O2/c1-19(2)24(10)28(21(5)6)31-30(35)29(22(7)8)32(12)23(9)16-14-13-15-17-33-25(11)26(20(3)4)18-27(33)34/h19-22,26,28-29H,9-11,13-18H2,1-8,12H3,(H,31,35)/t26?,28-,29?/m0/s1. The molecule has 0 spiro atoms. The van der Waals surface area contributed by atoms with Crippen molar-refractivity contribution in [1.29, 1.82) is 0 Å². The van der Waals surface area contributed by atoms with Crippen molar-refractivity contribution in [2.45, 2.75) is 99.6 Å². The van der Waals surface area contributed by atoms with E-state index in [9.17, 15) is 9.59 Å². The fourth-order valence-corrected chi connectivity index (χ4v) is 5.03. The lowest BCUT2D eigenvalue weighted by atomic mass is 9.89. The van der Waals surface area contributed by atoms with E-state index in [0.717, 1.165) is 49.2 Å². The van der Waals surface area contributed by atoms with E-state index in [1.807, 2.05) is 11.9 Å². The summed E-state index contributed by atoms with van der Waals surface area (Å²) in [5, 5.41) is 3.28. The Morgan fingerprint density at radius 3 is 2.09 bits per heavy atom. The van der Waals surface area contributed by atoms with Gasteiger partial charge in [-0.3, -0.25) is 9.59 Å². The Hall–Kier alpha value is -2.04. The average molecular weight is 488 g/mol. The van der Waals surface area contributed by atoms with E-state index in [4.69, 9.17) is 0 Å². The van der Waals surface area contributed by atoms with Gasteiger partial charge in [-0.25, -0.2) is 0 Å². The number of carbonyl (C=O) groups is 2. The average Bonchev–Trinajstić information content (AvgIpc) is 3.04. The van der Waals surface area contributed by atoms with Gasteiger partial charge in [-0.15, -0.1) is 0 Å². The third kappa shape index (κ3) is 8.54. The van der Waals surface area contributed by atoms with Crippen molar-refractivity contribution < 1.29 is 9.59 Å². The molecule has 0 aromatic rings. The molecule has 2 unspecified atom stereocenters. The van der Waals surface area contributed by atoms with E-state index in [2.05, 4.69) is 85.3 Å². The van der Waals surface area contributed by atoms with Gasteiger partial charge in [0.25, 0.3) is 0 Å². The molecule has 1 saturated heterocycles. The Balaban J connectivity index is 2.61. The summed E-state index contributed by atoms with van der Waals surface area (Å²) >= 11 is 0. The Labute approximate surface area is 216 Å². The second-order valence-electron chi connectivity index (χ2n) is 11.7.